The molecule has 0 aromatic carbocycles. The Kier molecular flexibility index (Phi) is 4.96. The molecule has 0 rings (SSSR count). The number of halogens is 3. The van der Waals surface area contributed by atoms with Gasteiger partial charge in [-0.15, -0.1) is 0 Å². The van der Waals surface area contributed by atoms with Crippen molar-refractivity contribution in [3.05, 3.63) is 0 Å². The van der Waals surface area contributed by atoms with E-state index in [0.717, 1.165) is 0 Å². The maximum atomic E-state index is 10.6. The van der Waals surface area contributed by atoms with Gasteiger partial charge in [0, 0.05) is 0 Å². The molecule has 1 atom stereocenters. The van der Waals surface area contributed by atoms with Crippen molar-refractivity contribution in [3.8, 4) is 0 Å². The van der Waals surface area contributed by atoms with Gasteiger partial charge in [0.1, 0.15) is 0 Å². The molecule has 2 nitrogen and oxygen atoms in total. The summed E-state index contributed by atoms with van der Waals surface area (Å²) in [5, 5.41) is 0. The minimum atomic E-state index is -4.97. The third-order valence-corrected chi connectivity index (χ3v) is 0.594. The van der Waals surface area contributed by atoms with Crippen LogP contribution >= 0.6 is 0 Å². The Morgan fingerprint density at radius 3 is 1.50 bits per heavy atom. The predicted octanol–water partition coefficient (Wildman–Crippen LogP) is 0.0794. The second kappa shape index (κ2) is 3.51. The Balaban J connectivity index is 0. The molecule has 0 saturated carbocycles. The Labute approximate surface area is 57.9 Å². The number of hydrogen-bond acceptors (Lipinski definition) is 1. The van der Waals surface area contributed by atoms with Gasteiger partial charge in [0.05, 0.1) is 0 Å². The molecule has 0 aliphatic heterocycles. The summed E-state index contributed by atoms with van der Waals surface area (Å²) >= 11 is -3.68. The molecule has 46 valence electrons. The monoisotopic (exact) mass is 142 g/mol. The third-order valence-electron chi connectivity index (χ3n) is 0.198. The average Bonchev–Trinajstić information content (AvgIpc) is 1.31. The van der Waals surface area contributed by atoms with Gasteiger partial charge in [0.2, 0.25) is 0 Å². The molecular formula is CH2F3LiO2S. The normalized spacial score (nSPS) is 14.5. The van der Waals surface area contributed by atoms with Crippen molar-refractivity contribution in [1.29, 1.82) is 0 Å². The van der Waals surface area contributed by atoms with Crippen molar-refractivity contribution in [3.63, 3.8) is 0 Å². The van der Waals surface area contributed by atoms with E-state index < -0.39 is 16.6 Å². The van der Waals surface area contributed by atoms with Crippen molar-refractivity contribution >= 4 is 29.9 Å². The summed E-state index contributed by atoms with van der Waals surface area (Å²) in [5.74, 6) is 0. The minimum absolute atomic E-state index is 0. The van der Waals surface area contributed by atoms with Gasteiger partial charge in [-0.3, -0.25) is 4.55 Å². The van der Waals surface area contributed by atoms with Gasteiger partial charge in [-0.25, -0.2) is 4.21 Å². The zero-order chi connectivity index (χ0) is 6.08. The van der Waals surface area contributed by atoms with Crippen molar-refractivity contribution in [2.24, 2.45) is 0 Å². The van der Waals surface area contributed by atoms with Crippen LogP contribution in [0.3, 0.4) is 0 Å². The van der Waals surface area contributed by atoms with Gasteiger partial charge in [-0.1, -0.05) is 0 Å². The molecule has 0 aliphatic carbocycles. The van der Waals surface area contributed by atoms with E-state index in [1.54, 1.807) is 0 Å². The van der Waals surface area contributed by atoms with Gasteiger partial charge >= 0.3 is 24.4 Å². The summed E-state index contributed by atoms with van der Waals surface area (Å²) in [6, 6.07) is 0. The van der Waals surface area contributed by atoms with E-state index in [1.807, 2.05) is 0 Å². The Morgan fingerprint density at radius 2 is 1.50 bits per heavy atom. The first-order chi connectivity index (χ1) is 2.94. The summed E-state index contributed by atoms with van der Waals surface area (Å²) in [5.41, 5.74) is -4.97. The molecule has 0 amide bonds. The van der Waals surface area contributed by atoms with Crippen LogP contribution in [-0.2, 0) is 11.1 Å². The fourth-order valence-corrected chi connectivity index (χ4v) is 0. The molecule has 8 heavy (non-hydrogen) atoms. The van der Waals surface area contributed by atoms with Crippen molar-refractivity contribution in [1.82, 2.24) is 0 Å². The first-order valence-corrected chi connectivity index (χ1v) is 2.23. The van der Waals surface area contributed by atoms with Gasteiger partial charge in [-0.05, 0) is 0 Å². The quantitative estimate of drug-likeness (QED) is 0.384. The van der Waals surface area contributed by atoms with E-state index in [4.69, 9.17) is 8.76 Å². The third kappa shape index (κ3) is 4.65. The van der Waals surface area contributed by atoms with Gasteiger partial charge in [0.15, 0.2) is 0 Å². The van der Waals surface area contributed by atoms with E-state index in [2.05, 4.69) is 0 Å². The van der Waals surface area contributed by atoms with Crippen molar-refractivity contribution in [2.75, 3.05) is 0 Å². The second-order valence-electron chi connectivity index (χ2n) is 0.695. The second-order valence-corrected chi connectivity index (χ2v) is 1.66. The van der Waals surface area contributed by atoms with Crippen molar-refractivity contribution < 1.29 is 21.9 Å². The average molecular weight is 142 g/mol. The van der Waals surface area contributed by atoms with Crippen LogP contribution in [0.2, 0.25) is 0 Å². The maximum absolute atomic E-state index is 10.6. The molecule has 0 aromatic heterocycles. The van der Waals surface area contributed by atoms with Crippen LogP contribution in [0, 0.1) is 0 Å². The van der Waals surface area contributed by atoms with E-state index in [9.17, 15) is 13.2 Å². The van der Waals surface area contributed by atoms with E-state index >= 15 is 0 Å². The van der Waals surface area contributed by atoms with Crippen LogP contribution in [-0.4, -0.2) is 33.1 Å². The molecule has 0 aromatic rings. The number of rotatable bonds is 0. The first-order valence-electron chi connectivity index (χ1n) is 1.12. The van der Waals surface area contributed by atoms with E-state index in [-0.39, 0.29) is 18.9 Å². The number of alkyl halides is 3. The summed E-state index contributed by atoms with van der Waals surface area (Å²) in [4.78, 5) is 0. The van der Waals surface area contributed by atoms with Crippen LogP contribution in [0.25, 0.3) is 0 Å². The standard InChI is InChI=1S/CHF3O2S.Li.H/c2-1(3,4)7(5)6;;/h(H,5,6);;. The molecule has 0 bridgehead atoms. The van der Waals surface area contributed by atoms with Gasteiger partial charge in [0.25, 0.3) is 11.1 Å². The molecular weight excluding hydrogens is 140 g/mol. The summed E-state index contributed by atoms with van der Waals surface area (Å²) < 4.78 is 48.1. The van der Waals surface area contributed by atoms with Crippen LogP contribution in [0.4, 0.5) is 13.2 Å². The fraction of sp³-hybridized carbons (Fsp3) is 1.00. The van der Waals surface area contributed by atoms with Gasteiger partial charge in [-0.2, -0.15) is 13.2 Å². The molecule has 1 N–H and O–H groups in total. The van der Waals surface area contributed by atoms with Crippen LogP contribution in [0.15, 0.2) is 0 Å². The molecule has 0 spiro atoms. The molecule has 0 fully saturated rings. The Bertz CT molecular complexity index is 89.8. The fourth-order valence-electron chi connectivity index (χ4n) is 0. The van der Waals surface area contributed by atoms with E-state index in [0.29, 0.717) is 0 Å². The Morgan fingerprint density at radius 1 is 1.38 bits per heavy atom. The zero-order valence-corrected chi connectivity index (χ0v) is 3.71. The van der Waals surface area contributed by atoms with Crippen LogP contribution in [0.1, 0.15) is 0 Å². The summed E-state index contributed by atoms with van der Waals surface area (Å²) in [6.45, 7) is 0. The summed E-state index contributed by atoms with van der Waals surface area (Å²) in [6.07, 6.45) is 0. The SMILES string of the molecule is O=S(O)C(F)(F)F.[LiH]. The number of hydrogen-bond donors (Lipinski definition) is 1. The topological polar surface area (TPSA) is 37.3 Å². The van der Waals surface area contributed by atoms with Gasteiger partial charge < -0.3 is 0 Å². The Hall–Kier alpha value is 0.497. The van der Waals surface area contributed by atoms with Crippen molar-refractivity contribution in [2.45, 2.75) is 5.51 Å². The first kappa shape index (κ1) is 11.3. The molecule has 0 aliphatic rings. The molecule has 0 heterocycles. The molecule has 1 unspecified atom stereocenters. The van der Waals surface area contributed by atoms with E-state index in [1.165, 1.54) is 0 Å². The van der Waals surface area contributed by atoms with Crippen LogP contribution < -0.4 is 0 Å². The summed E-state index contributed by atoms with van der Waals surface area (Å²) in [7, 11) is 0. The van der Waals surface area contributed by atoms with Crippen LogP contribution in [0.5, 0.6) is 0 Å². The molecule has 7 heteroatoms. The predicted molar refractivity (Wildman–Crippen MR) is 24.0 cm³/mol. The molecule has 0 radical (unpaired) electrons. The molecule has 0 saturated heterocycles. The zero-order valence-electron chi connectivity index (χ0n) is 2.90.